The van der Waals surface area contributed by atoms with E-state index >= 15 is 0 Å². The topological polar surface area (TPSA) is 100 Å². The molecule has 2 aromatic rings. The summed E-state index contributed by atoms with van der Waals surface area (Å²) in [6, 6.07) is 7.36. The average molecular weight is 389 g/mol. The van der Waals surface area contributed by atoms with Crippen LogP contribution in [0.15, 0.2) is 36.5 Å². The van der Waals surface area contributed by atoms with Crippen LogP contribution < -0.4 is 11.5 Å². The minimum absolute atomic E-state index is 0.273. The highest BCUT2D eigenvalue weighted by Gasteiger charge is 2.22. The normalized spacial score (nSPS) is 13.8. The van der Waals surface area contributed by atoms with Gasteiger partial charge in [-0.25, -0.2) is 9.18 Å². The summed E-state index contributed by atoms with van der Waals surface area (Å²) in [4.78, 5) is 16.2. The number of anilines is 1. The number of nitrogens with zero attached hydrogens (tertiary/aromatic N) is 1. The highest BCUT2D eigenvalue weighted by molar-refractivity contribution is 5.76. The van der Waals surface area contributed by atoms with Crippen LogP contribution in [-0.2, 0) is 14.3 Å². The number of nitrogens with two attached hydrogens (primary N) is 2. The predicted molar refractivity (Wildman–Crippen MR) is 107 cm³/mol. The van der Waals surface area contributed by atoms with Crippen LogP contribution in [0, 0.1) is 5.82 Å². The quantitative estimate of drug-likeness (QED) is 0.554. The summed E-state index contributed by atoms with van der Waals surface area (Å²) in [5.74, 6) is -0.779. The number of carbonyl (C=O) groups excluding carboxylic acids is 1. The molecule has 0 spiro atoms. The zero-order valence-corrected chi connectivity index (χ0v) is 16.7. The number of carbonyl (C=O) groups is 1. The lowest BCUT2D eigenvalue weighted by Crippen LogP contribution is -2.32. The lowest BCUT2D eigenvalue weighted by atomic mass is 10.0. The van der Waals surface area contributed by atoms with Crippen LogP contribution in [0.2, 0.25) is 0 Å². The van der Waals surface area contributed by atoms with Crippen LogP contribution in [0.1, 0.15) is 45.9 Å². The van der Waals surface area contributed by atoms with Crippen LogP contribution in [0.5, 0.6) is 0 Å². The molecular formula is C21H28FN3O3. The second-order valence-electron chi connectivity index (χ2n) is 7.64. The van der Waals surface area contributed by atoms with Crippen LogP contribution in [-0.4, -0.2) is 29.3 Å². The summed E-state index contributed by atoms with van der Waals surface area (Å²) in [5, 5.41) is 0. The molecule has 0 aliphatic heterocycles. The second kappa shape index (κ2) is 9.12. The first-order valence-corrected chi connectivity index (χ1v) is 9.18. The van der Waals surface area contributed by atoms with Gasteiger partial charge in [0.2, 0.25) is 0 Å². The first kappa shape index (κ1) is 21.8. The van der Waals surface area contributed by atoms with E-state index in [-0.39, 0.29) is 12.4 Å². The first-order chi connectivity index (χ1) is 13.1. The highest BCUT2D eigenvalue weighted by Crippen LogP contribution is 2.28. The molecule has 0 bridgehead atoms. The Balaban J connectivity index is 1.97. The number of pyridine rings is 1. The summed E-state index contributed by atoms with van der Waals surface area (Å²) in [6.07, 6.45) is 1.39. The van der Waals surface area contributed by atoms with Gasteiger partial charge in [0.25, 0.3) is 0 Å². The number of aromatic nitrogens is 1. The molecule has 0 aliphatic carbocycles. The molecule has 0 amide bonds. The molecule has 0 radical (unpaired) electrons. The van der Waals surface area contributed by atoms with E-state index in [4.69, 9.17) is 20.9 Å². The zero-order chi connectivity index (χ0) is 20.9. The van der Waals surface area contributed by atoms with E-state index < -0.39 is 23.7 Å². The maximum atomic E-state index is 13.6. The SMILES string of the molecule is CC(OCC[C@H](N)c1cc(-c2cc(F)ccc2N)ccn1)C(=O)OC(C)(C)C. The zero-order valence-electron chi connectivity index (χ0n) is 16.7. The smallest absolute Gasteiger partial charge is 0.335 e. The Kier molecular flexibility index (Phi) is 7.10. The van der Waals surface area contributed by atoms with Crippen molar-refractivity contribution in [3.05, 3.63) is 48.0 Å². The summed E-state index contributed by atoms with van der Waals surface area (Å²) in [5.41, 5.74) is 14.0. The minimum atomic E-state index is -0.683. The summed E-state index contributed by atoms with van der Waals surface area (Å²) in [7, 11) is 0. The van der Waals surface area contributed by atoms with Gasteiger partial charge in [-0.15, -0.1) is 0 Å². The van der Waals surface area contributed by atoms with Crippen molar-refractivity contribution in [3.63, 3.8) is 0 Å². The highest BCUT2D eigenvalue weighted by atomic mass is 19.1. The van der Waals surface area contributed by atoms with Crippen molar-refractivity contribution in [1.29, 1.82) is 0 Å². The number of ether oxygens (including phenoxy) is 2. The van der Waals surface area contributed by atoms with Crippen LogP contribution in [0.25, 0.3) is 11.1 Å². The fourth-order valence-corrected chi connectivity index (χ4v) is 2.57. The fraction of sp³-hybridized carbons (Fsp3) is 0.429. The molecule has 2 atom stereocenters. The van der Waals surface area contributed by atoms with Gasteiger partial charge in [0, 0.05) is 30.1 Å². The number of benzene rings is 1. The molecule has 0 aliphatic rings. The molecule has 1 unspecified atom stereocenters. The van der Waals surface area contributed by atoms with Gasteiger partial charge >= 0.3 is 5.97 Å². The molecule has 1 aromatic carbocycles. The van der Waals surface area contributed by atoms with E-state index in [1.807, 2.05) is 0 Å². The molecule has 7 heteroatoms. The number of esters is 1. The van der Waals surface area contributed by atoms with E-state index in [2.05, 4.69) is 4.98 Å². The van der Waals surface area contributed by atoms with Crippen molar-refractivity contribution in [2.75, 3.05) is 12.3 Å². The van der Waals surface area contributed by atoms with Gasteiger partial charge in [0.05, 0.1) is 5.69 Å². The third-order valence-corrected chi connectivity index (χ3v) is 4.02. The Labute approximate surface area is 165 Å². The van der Waals surface area contributed by atoms with E-state index in [1.54, 1.807) is 46.0 Å². The minimum Gasteiger partial charge on any atom is -0.458 e. The third kappa shape index (κ3) is 6.28. The van der Waals surface area contributed by atoms with Gasteiger partial charge in [0.15, 0.2) is 6.10 Å². The molecule has 1 heterocycles. The number of halogens is 1. The van der Waals surface area contributed by atoms with Crippen molar-refractivity contribution in [1.82, 2.24) is 4.98 Å². The average Bonchev–Trinajstić information content (AvgIpc) is 2.62. The Hall–Kier alpha value is -2.51. The first-order valence-electron chi connectivity index (χ1n) is 9.18. The van der Waals surface area contributed by atoms with Crippen molar-refractivity contribution in [3.8, 4) is 11.1 Å². The number of nitrogen functional groups attached to an aromatic ring is 1. The Morgan fingerprint density at radius 1 is 1.25 bits per heavy atom. The van der Waals surface area contributed by atoms with E-state index in [0.29, 0.717) is 23.4 Å². The van der Waals surface area contributed by atoms with Gasteiger partial charge in [-0.3, -0.25) is 4.98 Å². The van der Waals surface area contributed by atoms with Gasteiger partial charge in [0.1, 0.15) is 11.4 Å². The van der Waals surface area contributed by atoms with E-state index in [0.717, 1.165) is 5.56 Å². The van der Waals surface area contributed by atoms with Crippen molar-refractivity contribution in [2.45, 2.75) is 51.9 Å². The molecule has 1 aromatic heterocycles. The standard InChI is InChI=1S/C21H28FN3O3/c1-13(20(26)28-21(2,3)4)27-10-8-18(24)19-11-14(7-9-25-19)16-12-15(22)5-6-17(16)23/h5-7,9,11-13,18H,8,10,23-24H2,1-4H3/t13?,18-/m0/s1. The van der Waals surface area contributed by atoms with Crippen LogP contribution in [0.3, 0.4) is 0 Å². The molecule has 152 valence electrons. The largest absolute Gasteiger partial charge is 0.458 e. The Bertz CT molecular complexity index is 821. The van der Waals surface area contributed by atoms with Crippen molar-refractivity contribution in [2.24, 2.45) is 5.73 Å². The number of hydrogen-bond donors (Lipinski definition) is 2. The van der Waals surface area contributed by atoms with Crippen LogP contribution in [0.4, 0.5) is 10.1 Å². The number of hydrogen-bond acceptors (Lipinski definition) is 6. The Morgan fingerprint density at radius 2 is 1.96 bits per heavy atom. The molecular weight excluding hydrogens is 361 g/mol. The maximum Gasteiger partial charge on any atom is 0.335 e. The molecule has 6 nitrogen and oxygen atoms in total. The summed E-state index contributed by atoms with van der Waals surface area (Å²) >= 11 is 0. The maximum absolute atomic E-state index is 13.6. The molecule has 0 fully saturated rings. The molecule has 0 saturated carbocycles. The van der Waals surface area contributed by atoms with Gasteiger partial charge in [-0.2, -0.15) is 0 Å². The van der Waals surface area contributed by atoms with Gasteiger partial charge in [-0.05, 0) is 70.0 Å². The Morgan fingerprint density at radius 3 is 2.64 bits per heavy atom. The summed E-state index contributed by atoms with van der Waals surface area (Å²) in [6.45, 7) is 7.33. The molecule has 4 N–H and O–H groups in total. The fourth-order valence-electron chi connectivity index (χ4n) is 2.57. The monoisotopic (exact) mass is 389 g/mol. The molecule has 28 heavy (non-hydrogen) atoms. The third-order valence-electron chi connectivity index (χ3n) is 4.02. The van der Waals surface area contributed by atoms with Crippen molar-refractivity contribution >= 4 is 11.7 Å². The molecule has 2 rings (SSSR count). The van der Waals surface area contributed by atoms with E-state index in [1.165, 1.54) is 18.2 Å². The summed E-state index contributed by atoms with van der Waals surface area (Å²) < 4.78 is 24.4. The van der Waals surface area contributed by atoms with Gasteiger partial charge < -0.3 is 20.9 Å². The van der Waals surface area contributed by atoms with Gasteiger partial charge in [-0.1, -0.05) is 0 Å². The van der Waals surface area contributed by atoms with E-state index in [9.17, 15) is 9.18 Å². The van der Waals surface area contributed by atoms with Crippen LogP contribution >= 0.6 is 0 Å². The lowest BCUT2D eigenvalue weighted by Gasteiger charge is -2.22. The number of rotatable bonds is 7. The second-order valence-corrected chi connectivity index (χ2v) is 7.64. The lowest BCUT2D eigenvalue weighted by molar-refractivity contribution is -0.167. The molecule has 0 saturated heterocycles. The predicted octanol–water partition coefficient (Wildman–Crippen LogP) is 3.61. The van der Waals surface area contributed by atoms with Crippen molar-refractivity contribution < 1.29 is 18.7 Å².